The van der Waals surface area contributed by atoms with Crippen LogP contribution in [0.5, 0.6) is 0 Å². The molecule has 0 rings (SSSR count). The molecule has 0 aliphatic rings. The monoisotopic (exact) mass is 245 g/mol. The molecule has 0 unspecified atom stereocenters. The first kappa shape index (κ1) is 15.0. The van der Waals surface area contributed by atoms with Gasteiger partial charge in [0.05, 0.1) is 5.75 Å². The van der Waals surface area contributed by atoms with E-state index >= 15 is 0 Å². The SMILES string of the molecule is C=CCN(CC(=O)O)C(=O)CSC(C)(C)C. The van der Waals surface area contributed by atoms with Crippen molar-refractivity contribution in [3.63, 3.8) is 0 Å². The Hall–Kier alpha value is -0.970. The summed E-state index contributed by atoms with van der Waals surface area (Å²) < 4.78 is -0.00126. The minimum absolute atomic E-state index is 0.00126. The van der Waals surface area contributed by atoms with Crippen LogP contribution in [0.2, 0.25) is 0 Å². The van der Waals surface area contributed by atoms with Gasteiger partial charge in [-0.2, -0.15) is 0 Å². The lowest BCUT2D eigenvalue weighted by Gasteiger charge is -2.22. The van der Waals surface area contributed by atoms with Crippen LogP contribution in [0.1, 0.15) is 20.8 Å². The van der Waals surface area contributed by atoms with Gasteiger partial charge in [0.25, 0.3) is 0 Å². The Balaban J connectivity index is 4.27. The maximum absolute atomic E-state index is 11.7. The van der Waals surface area contributed by atoms with Gasteiger partial charge in [-0.15, -0.1) is 18.3 Å². The quantitative estimate of drug-likeness (QED) is 0.722. The second kappa shape index (κ2) is 6.58. The highest BCUT2D eigenvalue weighted by Crippen LogP contribution is 2.23. The molecule has 0 heterocycles. The molecule has 16 heavy (non-hydrogen) atoms. The number of hydrogen-bond acceptors (Lipinski definition) is 3. The van der Waals surface area contributed by atoms with Gasteiger partial charge in [0.1, 0.15) is 6.54 Å². The first-order chi connectivity index (χ1) is 7.26. The number of hydrogen-bond donors (Lipinski definition) is 1. The minimum Gasteiger partial charge on any atom is -0.480 e. The Morgan fingerprint density at radius 2 is 2.00 bits per heavy atom. The largest absolute Gasteiger partial charge is 0.480 e. The number of carboxylic acid groups (broad SMARTS) is 1. The van der Waals surface area contributed by atoms with Gasteiger partial charge in [-0.1, -0.05) is 26.8 Å². The molecule has 5 heteroatoms. The molecule has 0 bridgehead atoms. The standard InChI is InChI=1S/C11H19NO3S/c1-5-6-12(7-10(14)15)9(13)8-16-11(2,3)4/h5H,1,6-8H2,2-4H3,(H,14,15). The average Bonchev–Trinajstić information content (AvgIpc) is 2.11. The summed E-state index contributed by atoms with van der Waals surface area (Å²) in [6.07, 6.45) is 1.53. The number of carbonyl (C=O) groups is 2. The van der Waals surface area contributed by atoms with Gasteiger partial charge in [-0.3, -0.25) is 9.59 Å². The van der Waals surface area contributed by atoms with E-state index in [1.165, 1.54) is 22.7 Å². The summed E-state index contributed by atoms with van der Waals surface area (Å²) in [5.74, 6) is -0.872. The van der Waals surface area contributed by atoms with Crippen LogP contribution in [0.25, 0.3) is 0 Å². The van der Waals surface area contributed by atoms with Crippen LogP contribution in [0.15, 0.2) is 12.7 Å². The third-order valence-corrected chi connectivity index (χ3v) is 2.91. The van der Waals surface area contributed by atoms with Crippen molar-refractivity contribution in [2.75, 3.05) is 18.8 Å². The number of carboxylic acids is 1. The van der Waals surface area contributed by atoms with Gasteiger partial charge in [0, 0.05) is 11.3 Å². The molecule has 1 amide bonds. The van der Waals surface area contributed by atoms with Crippen LogP contribution in [-0.4, -0.2) is 45.5 Å². The highest BCUT2D eigenvalue weighted by Gasteiger charge is 2.19. The van der Waals surface area contributed by atoms with E-state index in [1.54, 1.807) is 0 Å². The van der Waals surface area contributed by atoms with Crippen molar-refractivity contribution in [3.05, 3.63) is 12.7 Å². The fourth-order valence-corrected chi connectivity index (χ4v) is 1.68. The van der Waals surface area contributed by atoms with Crippen molar-refractivity contribution >= 4 is 23.6 Å². The van der Waals surface area contributed by atoms with Crippen molar-refractivity contribution in [1.82, 2.24) is 4.90 Å². The number of thioether (sulfide) groups is 1. The van der Waals surface area contributed by atoms with Crippen LogP contribution in [-0.2, 0) is 9.59 Å². The number of rotatable bonds is 6. The number of aliphatic carboxylic acids is 1. The summed E-state index contributed by atoms with van der Waals surface area (Å²) in [4.78, 5) is 23.6. The second-order valence-corrected chi connectivity index (χ2v) is 6.16. The maximum atomic E-state index is 11.7. The zero-order valence-electron chi connectivity index (χ0n) is 10.0. The number of nitrogens with zero attached hydrogens (tertiary/aromatic N) is 1. The molecule has 92 valence electrons. The van der Waals surface area contributed by atoms with Gasteiger partial charge in [-0.05, 0) is 0 Å². The highest BCUT2D eigenvalue weighted by atomic mass is 32.2. The molecule has 0 aliphatic heterocycles. The lowest BCUT2D eigenvalue weighted by Crippen LogP contribution is -2.37. The topological polar surface area (TPSA) is 57.6 Å². The maximum Gasteiger partial charge on any atom is 0.323 e. The minimum atomic E-state index is -1.00. The van der Waals surface area contributed by atoms with E-state index in [-0.39, 0.29) is 23.7 Å². The summed E-state index contributed by atoms with van der Waals surface area (Å²) in [5, 5.41) is 8.65. The summed E-state index contributed by atoms with van der Waals surface area (Å²) >= 11 is 1.50. The molecule has 0 saturated carbocycles. The zero-order chi connectivity index (χ0) is 12.8. The third kappa shape index (κ3) is 7.34. The summed E-state index contributed by atoms with van der Waals surface area (Å²) in [6, 6.07) is 0. The van der Waals surface area contributed by atoms with Crippen molar-refractivity contribution in [2.45, 2.75) is 25.5 Å². The Bertz CT molecular complexity index is 271. The lowest BCUT2D eigenvalue weighted by molar-refractivity contribution is -0.143. The fourth-order valence-electron chi connectivity index (χ4n) is 0.943. The third-order valence-electron chi connectivity index (χ3n) is 1.66. The Labute approximate surface area is 101 Å². The van der Waals surface area contributed by atoms with Crippen molar-refractivity contribution < 1.29 is 14.7 Å². The number of carbonyl (C=O) groups excluding carboxylic acids is 1. The van der Waals surface area contributed by atoms with E-state index in [1.807, 2.05) is 20.8 Å². The summed E-state index contributed by atoms with van der Waals surface area (Å²) in [6.45, 7) is 9.55. The average molecular weight is 245 g/mol. The van der Waals surface area contributed by atoms with Crippen LogP contribution >= 0.6 is 11.8 Å². The molecule has 0 saturated heterocycles. The van der Waals surface area contributed by atoms with Crippen LogP contribution in [0.4, 0.5) is 0 Å². The summed E-state index contributed by atoms with van der Waals surface area (Å²) in [7, 11) is 0. The molecule has 0 aliphatic carbocycles. The molecule has 0 fully saturated rings. The van der Waals surface area contributed by atoms with E-state index < -0.39 is 5.97 Å². The lowest BCUT2D eigenvalue weighted by atomic mass is 10.3. The van der Waals surface area contributed by atoms with Gasteiger partial charge in [0.15, 0.2) is 0 Å². The van der Waals surface area contributed by atoms with Gasteiger partial charge < -0.3 is 10.0 Å². The highest BCUT2D eigenvalue weighted by molar-refractivity contribution is 8.01. The van der Waals surface area contributed by atoms with E-state index in [0.29, 0.717) is 5.75 Å². The molecule has 0 aromatic carbocycles. The number of amides is 1. The molecule has 4 nitrogen and oxygen atoms in total. The van der Waals surface area contributed by atoms with Crippen molar-refractivity contribution in [2.24, 2.45) is 0 Å². The van der Waals surface area contributed by atoms with Crippen LogP contribution < -0.4 is 0 Å². The van der Waals surface area contributed by atoms with Crippen molar-refractivity contribution in [3.8, 4) is 0 Å². The normalized spacial score (nSPS) is 10.9. The first-order valence-electron chi connectivity index (χ1n) is 5.00. The summed E-state index contributed by atoms with van der Waals surface area (Å²) in [5.41, 5.74) is 0. The molecule has 1 N–H and O–H groups in total. The Morgan fingerprint density at radius 1 is 1.44 bits per heavy atom. The second-order valence-electron chi connectivity index (χ2n) is 4.36. The van der Waals surface area contributed by atoms with Gasteiger partial charge >= 0.3 is 5.97 Å². The molecule has 0 radical (unpaired) electrons. The molecule has 0 spiro atoms. The van der Waals surface area contributed by atoms with E-state index in [9.17, 15) is 9.59 Å². The van der Waals surface area contributed by atoms with Crippen molar-refractivity contribution in [1.29, 1.82) is 0 Å². The Kier molecular flexibility index (Phi) is 6.18. The van der Waals surface area contributed by atoms with E-state index in [2.05, 4.69) is 6.58 Å². The molecular weight excluding hydrogens is 226 g/mol. The zero-order valence-corrected chi connectivity index (χ0v) is 10.8. The van der Waals surface area contributed by atoms with E-state index in [4.69, 9.17) is 5.11 Å². The predicted octanol–water partition coefficient (Wildman–Crippen LogP) is 1.62. The predicted molar refractivity (Wildman–Crippen MR) is 66.6 cm³/mol. The molecular formula is C11H19NO3S. The fraction of sp³-hybridized carbons (Fsp3) is 0.636. The van der Waals surface area contributed by atoms with Gasteiger partial charge in [0.2, 0.25) is 5.91 Å². The van der Waals surface area contributed by atoms with E-state index in [0.717, 1.165) is 0 Å². The molecule has 0 aromatic heterocycles. The van der Waals surface area contributed by atoms with Gasteiger partial charge in [-0.25, -0.2) is 0 Å². The molecule has 0 atom stereocenters. The van der Waals surface area contributed by atoms with Crippen LogP contribution in [0.3, 0.4) is 0 Å². The van der Waals surface area contributed by atoms with Crippen LogP contribution in [0, 0.1) is 0 Å². The smallest absolute Gasteiger partial charge is 0.323 e. The Morgan fingerprint density at radius 3 is 2.38 bits per heavy atom. The molecule has 0 aromatic rings. The first-order valence-corrected chi connectivity index (χ1v) is 5.99.